The lowest BCUT2D eigenvalue weighted by Crippen LogP contribution is -2.62. The van der Waals surface area contributed by atoms with Crippen molar-refractivity contribution in [1.82, 2.24) is 10.2 Å². The number of oxime groups is 1. The van der Waals surface area contributed by atoms with Crippen LogP contribution in [0.3, 0.4) is 0 Å². The van der Waals surface area contributed by atoms with Gasteiger partial charge in [0.2, 0.25) is 5.91 Å². The number of likely N-dealkylation sites (tertiary alicyclic amines) is 1. The molecule has 2 heterocycles. The summed E-state index contributed by atoms with van der Waals surface area (Å²) in [6, 6.07) is 5.15. The topological polar surface area (TPSA) is 131 Å². The van der Waals surface area contributed by atoms with Crippen LogP contribution in [0.2, 0.25) is 0 Å². The second-order valence-corrected chi connectivity index (χ2v) is 10.5. The average molecular weight is 607 g/mol. The molecule has 1 spiro atoms. The Morgan fingerprint density at radius 3 is 2.49 bits per heavy atom. The first-order valence-corrected chi connectivity index (χ1v) is 13.9. The number of nitrogens with two attached hydrogens (primary N) is 1. The van der Waals surface area contributed by atoms with Gasteiger partial charge in [-0.1, -0.05) is 31.6 Å². The summed E-state index contributed by atoms with van der Waals surface area (Å²) < 4.78 is 50.2. The van der Waals surface area contributed by atoms with Gasteiger partial charge in [0, 0.05) is 70.4 Å². The second-order valence-electron chi connectivity index (χ2n) is 10.5. The third-order valence-corrected chi connectivity index (χ3v) is 6.79. The number of amidine groups is 1. The quantitative estimate of drug-likeness (QED) is 0.142. The number of primary amides is 1. The van der Waals surface area contributed by atoms with Gasteiger partial charge < -0.3 is 25.5 Å². The van der Waals surface area contributed by atoms with E-state index in [9.17, 15) is 14.0 Å². The largest absolute Gasteiger partial charge is 0.481 e. The number of ether oxygens (including phenoxy) is 1. The van der Waals surface area contributed by atoms with Crippen LogP contribution in [0.25, 0.3) is 5.57 Å². The molecule has 0 radical (unpaired) electrons. The number of aliphatic imine (C=N–C) groups is 2. The molecule has 2 aliphatic rings. The molecule has 13 heteroatoms. The number of piperidine rings is 1. The Bertz CT molecular complexity index is 1260. The van der Waals surface area contributed by atoms with Crippen molar-refractivity contribution < 1.29 is 32.3 Å². The van der Waals surface area contributed by atoms with E-state index in [2.05, 4.69) is 27.0 Å². The van der Waals surface area contributed by atoms with Gasteiger partial charge in [0.25, 0.3) is 5.92 Å². The van der Waals surface area contributed by atoms with Gasteiger partial charge in [0.1, 0.15) is 17.3 Å². The summed E-state index contributed by atoms with van der Waals surface area (Å²) in [5.74, 6) is -3.50. The Morgan fingerprint density at radius 1 is 1.30 bits per heavy atom. The van der Waals surface area contributed by atoms with Crippen LogP contribution in [0.15, 0.2) is 51.4 Å². The van der Waals surface area contributed by atoms with Gasteiger partial charge >= 0.3 is 6.02 Å². The Labute approximate surface area is 250 Å². The zero-order valence-corrected chi connectivity index (χ0v) is 25.3. The minimum Gasteiger partial charge on any atom is -0.481 e. The standard InChI is InChI=1S/C26H31F3N4O3.C4H10N2O/c1-17(2)14-32-36-24(30-5)33-10-8-25(9-11-33)26(28,29)13-21-12-20(6-7-23(21)35-25)18(3)15-31-22(16-34)19(4)27;1-6-3-2-4(5)7/h6-7,12,14-17H,3,8-11,13H2,1-2,4-5H3;6H,2-3H2,1H3,(H2,5,7)/b22-19+,30-24?,31-15?,32-14+;. The Kier molecular flexibility index (Phi) is 13.1. The van der Waals surface area contributed by atoms with Crippen molar-refractivity contribution >= 4 is 36.2 Å². The van der Waals surface area contributed by atoms with Crippen LogP contribution in [0.1, 0.15) is 51.2 Å². The number of rotatable bonds is 9. The molecule has 43 heavy (non-hydrogen) atoms. The first kappa shape index (κ1) is 35.2. The number of hydrogen-bond acceptors (Lipinski definition) is 8. The third-order valence-electron chi connectivity index (χ3n) is 6.79. The van der Waals surface area contributed by atoms with E-state index in [-0.39, 0.29) is 49.5 Å². The molecule has 1 aromatic rings. The van der Waals surface area contributed by atoms with E-state index in [1.165, 1.54) is 6.21 Å². The summed E-state index contributed by atoms with van der Waals surface area (Å²) in [7, 11) is 3.35. The normalized spacial score (nSPS) is 18.1. The molecule has 10 nitrogen and oxygen atoms in total. The van der Waals surface area contributed by atoms with Crippen LogP contribution < -0.4 is 15.8 Å². The van der Waals surface area contributed by atoms with Crippen molar-refractivity contribution in [2.45, 2.75) is 58.0 Å². The van der Waals surface area contributed by atoms with Crippen LogP contribution in [-0.2, 0) is 20.8 Å². The fraction of sp³-hybridized carbons (Fsp3) is 0.500. The van der Waals surface area contributed by atoms with Gasteiger partial charge in [0.15, 0.2) is 11.9 Å². The Morgan fingerprint density at radius 2 is 1.98 bits per heavy atom. The molecule has 0 bridgehead atoms. The third kappa shape index (κ3) is 9.77. The monoisotopic (exact) mass is 606 g/mol. The van der Waals surface area contributed by atoms with Gasteiger partial charge in [-0.2, -0.15) is 0 Å². The molecule has 0 aliphatic carbocycles. The van der Waals surface area contributed by atoms with E-state index >= 15 is 8.78 Å². The zero-order chi connectivity index (χ0) is 32.2. The molecule has 0 saturated carbocycles. The molecular formula is C30H41F3N6O4. The molecular weight excluding hydrogens is 565 g/mol. The zero-order valence-electron chi connectivity index (χ0n) is 25.3. The van der Waals surface area contributed by atoms with Crippen LogP contribution in [0.5, 0.6) is 5.75 Å². The molecule has 3 N–H and O–H groups in total. The van der Waals surface area contributed by atoms with Crippen LogP contribution in [0.4, 0.5) is 13.2 Å². The van der Waals surface area contributed by atoms with Crippen molar-refractivity contribution in [2.24, 2.45) is 26.8 Å². The maximum absolute atomic E-state index is 15.5. The lowest BCUT2D eigenvalue weighted by Gasteiger charge is -2.48. The van der Waals surface area contributed by atoms with Crippen molar-refractivity contribution in [3.63, 3.8) is 0 Å². The maximum atomic E-state index is 15.5. The average Bonchev–Trinajstić information content (AvgIpc) is 2.95. The highest BCUT2D eigenvalue weighted by Crippen LogP contribution is 2.48. The molecule has 1 saturated heterocycles. The number of allylic oxidation sites excluding steroid dienone is 3. The van der Waals surface area contributed by atoms with E-state index in [0.717, 1.165) is 6.92 Å². The molecule has 2 aliphatic heterocycles. The van der Waals surface area contributed by atoms with Crippen LogP contribution in [0, 0.1) is 5.92 Å². The number of amides is 1. The second kappa shape index (κ2) is 16.0. The van der Waals surface area contributed by atoms with E-state index < -0.39 is 23.8 Å². The summed E-state index contributed by atoms with van der Waals surface area (Å²) in [5, 5.41) is 6.70. The molecule has 0 aromatic heterocycles. The van der Waals surface area contributed by atoms with Gasteiger partial charge in [-0.3, -0.25) is 14.6 Å². The lowest BCUT2D eigenvalue weighted by atomic mass is 9.79. The van der Waals surface area contributed by atoms with Crippen molar-refractivity contribution in [1.29, 1.82) is 0 Å². The van der Waals surface area contributed by atoms with Crippen LogP contribution in [-0.4, -0.2) is 80.8 Å². The van der Waals surface area contributed by atoms with Crippen molar-refractivity contribution in [2.75, 3.05) is 33.7 Å². The minimum atomic E-state index is -3.11. The van der Waals surface area contributed by atoms with Gasteiger partial charge in [-0.25, -0.2) is 18.2 Å². The van der Waals surface area contributed by atoms with E-state index in [4.69, 9.17) is 15.3 Å². The predicted molar refractivity (Wildman–Crippen MR) is 162 cm³/mol. The molecule has 236 valence electrons. The van der Waals surface area contributed by atoms with Gasteiger partial charge in [-0.05, 0) is 43.2 Å². The highest BCUT2D eigenvalue weighted by atomic mass is 19.3. The predicted octanol–water partition coefficient (Wildman–Crippen LogP) is 4.30. The SMILES string of the molecule is C=C(C=N/C(C=O)=C(\C)F)c1ccc2c(c1)CC(F)(F)C1(CCN(C(=NC)O/N=C/C(C)C)CC1)O2.CNCCC(N)=O. The molecule has 1 aromatic carbocycles. The number of carbonyl (C=O) groups is 2. The summed E-state index contributed by atoms with van der Waals surface area (Å²) >= 11 is 0. The fourth-order valence-corrected chi connectivity index (χ4v) is 4.34. The summed E-state index contributed by atoms with van der Waals surface area (Å²) in [6.07, 6.45) is 3.27. The lowest BCUT2D eigenvalue weighted by molar-refractivity contribution is -0.192. The fourth-order valence-electron chi connectivity index (χ4n) is 4.34. The number of alkyl halides is 2. The number of halogens is 3. The van der Waals surface area contributed by atoms with Crippen molar-refractivity contribution in [3.8, 4) is 5.75 Å². The van der Waals surface area contributed by atoms with Crippen molar-refractivity contribution in [3.05, 3.63) is 47.4 Å². The molecule has 3 rings (SSSR count). The Balaban J connectivity index is 0.000000821. The maximum Gasteiger partial charge on any atom is 0.317 e. The number of aldehydes is 1. The summed E-state index contributed by atoms with van der Waals surface area (Å²) in [4.78, 5) is 35.9. The first-order valence-electron chi connectivity index (χ1n) is 13.9. The smallest absolute Gasteiger partial charge is 0.317 e. The van der Waals surface area contributed by atoms with E-state index in [1.807, 2.05) is 13.8 Å². The summed E-state index contributed by atoms with van der Waals surface area (Å²) in [6.45, 7) is 10.1. The molecule has 0 unspecified atom stereocenters. The number of nitrogens with zero attached hydrogens (tertiary/aromatic N) is 4. The number of nitrogens with one attached hydrogen (secondary N) is 1. The number of benzene rings is 1. The van der Waals surface area contributed by atoms with Gasteiger partial charge in [0.05, 0.1) is 0 Å². The number of hydrogen-bond donors (Lipinski definition) is 2. The Hall–Kier alpha value is -4.00. The number of fused-ring (bicyclic) bond motifs is 1. The van der Waals surface area contributed by atoms with Crippen LogP contribution >= 0.6 is 0 Å². The summed E-state index contributed by atoms with van der Waals surface area (Å²) in [5.41, 5.74) is 4.02. The molecule has 1 fully saturated rings. The highest BCUT2D eigenvalue weighted by molar-refractivity contribution is 6.09. The first-order chi connectivity index (χ1) is 20.3. The minimum absolute atomic E-state index is 0.0836. The number of carbonyl (C=O) groups excluding carboxylic acids is 2. The van der Waals surface area contributed by atoms with E-state index in [1.54, 1.807) is 43.4 Å². The molecule has 0 atom stereocenters. The molecule has 1 amide bonds. The van der Waals surface area contributed by atoms with E-state index in [0.29, 0.717) is 41.7 Å². The highest BCUT2D eigenvalue weighted by Gasteiger charge is 2.59. The van der Waals surface area contributed by atoms with Gasteiger partial charge in [-0.15, -0.1) is 0 Å².